The van der Waals surface area contributed by atoms with Crippen molar-refractivity contribution in [3.05, 3.63) is 28.5 Å². The maximum Gasteiger partial charge on any atom is 0.326 e. The van der Waals surface area contributed by atoms with Gasteiger partial charge in [0, 0.05) is 16.9 Å². The number of carboxylic acid groups (broad SMARTS) is 1. The average molecular weight is 315 g/mol. The van der Waals surface area contributed by atoms with E-state index >= 15 is 0 Å². The van der Waals surface area contributed by atoms with Crippen LogP contribution in [-0.4, -0.2) is 28.0 Å². The van der Waals surface area contributed by atoms with Crippen LogP contribution in [0.15, 0.2) is 22.9 Å². The van der Waals surface area contributed by atoms with Crippen LogP contribution in [0, 0.1) is 5.41 Å². The van der Waals surface area contributed by atoms with Gasteiger partial charge in [-0.1, -0.05) is 20.8 Å². The number of hydrogen-bond donors (Lipinski definition) is 2. The van der Waals surface area contributed by atoms with Crippen LogP contribution in [0.4, 0.5) is 0 Å². The van der Waals surface area contributed by atoms with E-state index in [4.69, 9.17) is 5.11 Å². The molecule has 1 amide bonds. The summed E-state index contributed by atoms with van der Waals surface area (Å²) in [5.74, 6) is -1.51. The van der Waals surface area contributed by atoms with E-state index in [0.717, 1.165) is 0 Å². The summed E-state index contributed by atoms with van der Waals surface area (Å²) in [6.45, 7) is 5.27. The summed E-state index contributed by atoms with van der Waals surface area (Å²) >= 11 is 3.21. The summed E-state index contributed by atoms with van der Waals surface area (Å²) in [6, 6.07) is 0.633. The second-order valence-electron chi connectivity index (χ2n) is 5.00. The Morgan fingerprint density at radius 1 is 1.39 bits per heavy atom. The lowest BCUT2D eigenvalue weighted by Crippen LogP contribution is -2.49. The van der Waals surface area contributed by atoms with Crippen molar-refractivity contribution in [1.29, 1.82) is 0 Å². The molecule has 0 aliphatic carbocycles. The molecule has 0 aromatic carbocycles. The number of halogens is 1. The number of aromatic nitrogens is 1. The van der Waals surface area contributed by atoms with Crippen LogP contribution in [0.2, 0.25) is 0 Å². The van der Waals surface area contributed by atoms with E-state index in [1.54, 1.807) is 33.0 Å². The topological polar surface area (TPSA) is 79.3 Å². The molecule has 2 N–H and O–H groups in total. The Morgan fingerprint density at radius 2 is 2.00 bits per heavy atom. The SMILES string of the molecule is CC(C)(C)[C@@H](NC(=O)c1cncc(Br)c1)C(=O)O. The van der Waals surface area contributed by atoms with Crippen molar-refractivity contribution in [2.75, 3.05) is 0 Å². The molecule has 1 atom stereocenters. The van der Waals surface area contributed by atoms with Gasteiger partial charge in [-0.15, -0.1) is 0 Å². The Balaban J connectivity index is 2.89. The highest BCUT2D eigenvalue weighted by Crippen LogP contribution is 2.20. The highest BCUT2D eigenvalue weighted by molar-refractivity contribution is 9.10. The molecule has 0 bridgehead atoms. The summed E-state index contributed by atoms with van der Waals surface area (Å²) in [6.07, 6.45) is 2.94. The van der Waals surface area contributed by atoms with Crippen LogP contribution < -0.4 is 5.32 Å². The number of amides is 1. The molecule has 5 nitrogen and oxygen atoms in total. The van der Waals surface area contributed by atoms with Gasteiger partial charge in [0.1, 0.15) is 6.04 Å². The van der Waals surface area contributed by atoms with Gasteiger partial charge in [-0.3, -0.25) is 9.78 Å². The second-order valence-corrected chi connectivity index (χ2v) is 5.92. The minimum absolute atomic E-state index is 0.319. The van der Waals surface area contributed by atoms with E-state index in [0.29, 0.717) is 10.0 Å². The van der Waals surface area contributed by atoms with Gasteiger partial charge in [-0.25, -0.2) is 4.79 Å². The number of carbonyl (C=O) groups is 2. The summed E-state index contributed by atoms with van der Waals surface area (Å²) in [5.41, 5.74) is -0.249. The molecule has 0 aliphatic heterocycles. The third-order valence-corrected chi connectivity index (χ3v) is 2.79. The Hall–Kier alpha value is -1.43. The molecule has 1 heterocycles. The molecule has 0 fully saturated rings. The lowest BCUT2D eigenvalue weighted by Gasteiger charge is -2.27. The molecule has 0 saturated carbocycles. The minimum Gasteiger partial charge on any atom is -0.480 e. The number of rotatable bonds is 3. The summed E-state index contributed by atoms with van der Waals surface area (Å²) in [5, 5.41) is 11.6. The van der Waals surface area contributed by atoms with E-state index in [1.165, 1.54) is 6.20 Å². The molecule has 1 aromatic heterocycles. The van der Waals surface area contributed by atoms with Gasteiger partial charge in [-0.05, 0) is 27.4 Å². The Morgan fingerprint density at radius 3 is 2.44 bits per heavy atom. The lowest BCUT2D eigenvalue weighted by molar-refractivity contribution is -0.142. The zero-order chi connectivity index (χ0) is 13.9. The zero-order valence-electron chi connectivity index (χ0n) is 10.4. The fourth-order valence-corrected chi connectivity index (χ4v) is 1.76. The standard InChI is InChI=1S/C12H15BrN2O3/c1-12(2,3)9(11(17)18)15-10(16)7-4-8(13)6-14-5-7/h4-6,9H,1-3H3,(H,15,16)(H,17,18)/t9-/m0/s1. The summed E-state index contributed by atoms with van der Waals surface area (Å²) in [7, 11) is 0. The Kier molecular flexibility index (Phi) is 4.45. The lowest BCUT2D eigenvalue weighted by atomic mass is 9.86. The monoisotopic (exact) mass is 314 g/mol. The van der Waals surface area contributed by atoms with Crippen molar-refractivity contribution in [3.8, 4) is 0 Å². The van der Waals surface area contributed by atoms with Crippen molar-refractivity contribution < 1.29 is 14.7 Å². The van der Waals surface area contributed by atoms with Gasteiger partial charge < -0.3 is 10.4 Å². The molecule has 98 valence electrons. The molecule has 18 heavy (non-hydrogen) atoms. The van der Waals surface area contributed by atoms with E-state index in [1.807, 2.05) is 0 Å². The first-order valence-electron chi connectivity index (χ1n) is 5.36. The third-order valence-electron chi connectivity index (χ3n) is 2.36. The van der Waals surface area contributed by atoms with Crippen molar-refractivity contribution in [1.82, 2.24) is 10.3 Å². The molecule has 1 rings (SSSR count). The first-order valence-corrected chi connectivity index (χ1v) is 6.15. The molecule has 6 heteroatoms. The van der Waals surface area contributed by atoms with Crippen LogP contribution in [0.5, 0.6) is 0 Å². The number of hydrogen-bond acceptors (Lipinski definition) is 3. The third kappa shape index (κ3) is 3.80. The highest BCUT2D eigenvalue weighted by Gasteiger charge is 2.32. The van der Waals surface area contributed by atoms with Crippen LogP contribution in [0.3, 0.4) is 0 Å². The Bertz CT molecular complexity index is 469. The van der Waals surface area contributed by atoms with Crippen LogP contribution in [0.25, 0.3) is 0 Å². The Labute approximate surface area is 114 Å². The van der Waals surface area contributed by atoms with Crippen LogP contribution in [-0.2, 0) is 4.79 Å². The molecular formula is C12H15BrN2O3. The number of carbonyl (C=O) groups excluding carboxylic acids is 1. The summed E-state index contributed by atoms with van der Waals surface area (Å²) < 4.78 is 0.665. The molecule has 0 saturated heterocycles. The van der Waals surface area contributed by atoms with Gasteiger partial charge in [-0.2, -0.15) is 0 Å². The van der Waals surface area contributed by atoms with E-state index < -0.39 is 23.3 Å². The van der Waals surface area contributed by atoms with Gasteiger partial charge in [0.25, 0.3) is 5.91 Å². The van der Waals surface area contributed by atoms with E-state index in [-0.39, 0.29) is 0 Å². The van der Waals surface area contributed by atoms with Crippen molar-refractivity contribution >= 4 is 27.8 Å². The number of pyridine rings is 1. The fraction of sp³-hybridized carbons (Fsp3) is 0.417. The zero-order valence-corrected chi connectivity index (χ0v) is 12.0. The van der Waals surface area contributed by atoms with Crippen molar-refractivity contribution in [2.45, 2.75) is 26.8 Å². The van der Waals surface area contributed by atoms with Crippen molar-refractivity contribution in [2.24, 2.45) is 5.41 Å². The predicted octanol–water partition coefficient (Wildman–Crippen LogP) is 2.07. The average Bonchev–Trinajstić information content (AvgIpc) is 2.23. The quantitative estimate of drug-likeness (QED) is 0.895. The van der Waals surface area contributed by atoms with Crippen LogP contribution in [0.1, 0.15) is 31.1 Å². The van der Waals surface area contributed by atoms with E-state index in [2.05, 4.69) is 26.2 Å². The number of nitrogens with zero attached hydrogens (tertiary/aromatic N) is 1. The highest BCUT2D eigenvalue weighted by atomic mass is 79.9. The molecule has 0 unspecified atom stereocenters. The van der Waals surface area contributed by atoms with Gasteiger partial charge in [0.15, 0.2) is 0 Å². The maximum absolute atomic E-state index is 11.9. The molecular weight excluding hydrogens is 300 g/mol. The number of aliphatic carboxylic acids is 1. The number of carboxylic acids is 1. The smallest absolute Gasteiger partial charge is 0.326 e. The van der Waals surface area contributed by atoms with Gasteiger partial charge in [0.05, 0.1) is 5.56 Å². The molecule has 1 aromatic rings. The van der Waals surface area contributed by atoms with Crippen molar-refractivity contribution in [3.63, 3.8) is 0 Å². The minimum atomic E-state index is -1.06. The predicted molar refractivity (Wildman–Crippen MR) is 70.3 cm³/mol. The number of nitrogens with one attached hydrogen (secondary N) is 1. The first kappa shape index (κ1) is 14.6. The van der Waals surface area contributed by atoms with Gasteiger partial charge in [0.2, 0.25) is 0 Å². The second kappa shape index (κ2) is 5.48. The molecule has 0 radical (unpaired) electrons. The largest absolute Gasteiger partial charge is 0.480 e. The van der Waals surface area contributed by atoms with Crippen LogP contribution >= 0.6 is 15.9 Å². The van der Waals surface area contributed by atoms with E-state index in [9.17, 15) is 9.59 Å². The molecule has 0 spiro atoms. The fourth-order valence-electron chi connectivity index (χ4n) is 1.40. The maximum atomic E-state index is 11.9. The molecule has 0 aliphatic rings. The first-order chi connectivity index (χ1) is 8.21. The van der Waals surface area contributed by atoms with Gasteiger partial charge >= 0.3 is 5.97 Å². The normalized spacial score (nSPS) is 12.9. The summed E-state index contributed by atoms with van der Waals surface area (Å²) in [4.78, 5) is 26.9.